The Morgan fingerprint density at radius 1 is 1.00 bits per heavy atom. The largest absolute Gasteiger partial charge is 0.387 e. The van der Waals surface area contributed by atoms with Gasteiger partial charge in [-0.2, -0.15) is 0 Å². The summed E-state index contributed by atoms with van der Waals surface area (Å²) in [6.07, 6.45) is -0.610. The predicted octanol–water partition coefficient (Wildman–Crippen LogP) is 2.86. The van der Waals surface area contributed by atoms with E-state index >= 15 is 0 Å². The van der Waals surface area contributed by atoms with Gasteiger partial charge in [-0.3, -0.25) is 0 Å². The van der Waals surface area contributed by atoms with Crippen LogP contribution in [0, 0.1) is 5.92 Å². The van der Waals surface area contributed by atoms with E-state index in [2.05, 4.69) is 0 Å². The number of rotatable bonds is 3. The molecule has 2 heteroatoms. The molecule has 2 unspecified atom stereocenters. The number of nitrogens with two attached hydrogens (primary N) is 1. The van der Waals surface area contributed by atoms with Crippen molar-refractivity contribution < 1.29 is 5.11 Å². The summed E-state index contributed by atoms with van der Waals surface area (Å²) in [4.78, 5) is 0. The van der Waals surface area contributed by atoms with Gasteiger partial charge in [0.2, 0.25) is 0 Å². The van der Waals surface area contributed by atoms with Crippen molar-refractivity contribution in [1.82, 2.24) is 0 Å². The fourth-order valence-electron chi connectivity index (χ4n) is 2.08. The lowest BCUT2D eigenvalue weighted by Gasteiger charge is -2.23. The molecular weight excluding hydrogens is 210 g/mol. The third-order valence-corrected chi connectivity index (χ3v) is 3.28. The van der Waals surface area contributed by atoms with Crippen LogP contribution in [-0.2, 0) is 0 Å². The maximum Gasteiger partial charge on any atom is 0.0949 e. The summed E-state index contributed by atoms with van der Waals surface area (Å²) in [7, 11) is 0. The average Bonchev–Trinajstić information content (AvgIpc) is 2.36. The zero-order valence-electron chi connectivity index (χ0n) is 10.3. The molecule has 0 aliphatic rings. The van der Waals surface area contributed by atoms with Gasteiger partial charge in [0.25, 0.3) is 0 Å². The van der Waals surface area contributed by atoms with Crippen LogP contribution < -0.4 is 5.73 Å². The van der Waals surface area contributed by atoms with Crippen LogP contribution in [0.5, 0.6) is 0 Å². The molecule has 0 saturated heterocycles. The van der Waals surface area contributed by atoms with Crippen LogP contribution in [0.25, 0.3) is 10.8 Å². The van der Waals surface area contributed by atoms with Gasteiger partial charge in [0.1, 0.15) is 0 Å². The second-order valence-corrected chi connectivity index (χ2v) is 4.83. The van der Waals surface area contributed by atoms with Crippen molar-refractivity contribution in [3.05, 3.63) is 48.0 Å². The molecule has 2 aromatic rings. The third-order valence-electron chi connectivity index (χ3n) is 3.28. The van der Waals surface area contributed by atoms with Crippen molar-refractivity contribution in [2.24, 2.45) is 11.7 Å². The van der Waals surface area contributed by atoms with Crippen molar-refractivity contribution in [1.29, 1.82) is 0 Å². The molecule has 0 bridgehead atoms. The lowest BCUT2D eigenvalue weighted by Crippen LogP contribution is -2.33. The highest BCUT2D eigenvalue weighted by molar-refractivity contribution is 5.86. The first-order valence-electron chi connectivity index (χ1n) is 6.02. The van der Waals surface area contributed by atoms with E-state index in [9.17, 15) is 5.11 Å². The second-order valence-electron chi connectivity index (χ2n) is 4.83. The molecule has 0 aliphatic carbocycles. The molecule has 2 atom stereocenters. The molecule has 3 N–H and O–H groups in total. The Morgan fingerprint density at radius 3 is 2.35 bits per heavy atom. The predicted molar refractivity (Wildman–Crippen MR) is 71.7 cm³/mol. The summed E-state index contributed by atoms with van der Waals surface area (Å²) in [6.45, 7) is 4.05. The van der Waals surface area contributed by atoms with Gasteiger partial charge in [0.05, 0.1) is 6.10 Å². The van der Waals surface area contributed by atoms with Crippen molar-refractivity contribution in [3.63, 3.8) is 0 Å². The maximum absolute atomic E-state index is 10.3. The smallest absolute Gasteiger partial charge is 0.0949 e. The number of aliphatic hydroxyl groups excluding tert-OH is 1. The molecule has 17 heavy (non-hydrogen) atoms. The Hall–Kier alpha value is -1.38. The summed E-state index contributed by atoms with van der Waals surface area (Å²) < 4.78 is 0. The highest BCUT2D eigenvalue weighted by atomic mass is 16.3. The van der Waals surface area contributed by atoms with Gasteiger partial charge >= 0.3 is 0 Å². The van der Waals surface area contributed by atoms with Crippen LogP contribution in [0.15, 0.2) is 42.5 Å². The second kappa shape index (κ2) is 4.86. The molecule has 2 rings (SSSR count). The van der Waals surface area contributed by atoms with E-state index in [-0.39, 0.29) is 12.0 Å². The number of aliphatic hydroxyl groups is 1. The highest BCUT2D eigenvalue weighted by Crippen LogP contribution is 2.27. The van der Waals surface area contributed by atoms with Gasteiger partial charge in [-0.1, -0.05) is 56.3 Å². The van der Waals surface area contributed by atoms with Gasteiger partial charge in [0.15, 0.2) is 0 Å². The molecular formula is C15H19NO. The first-order valence-corrected chi connectivity index (χ1v) is 6.02. The molecule has 0 fully saturated rings. The van der Waals surface area contributed by atoms with E-state index in [4.69, 9.17) is 5.73 Å². The van der Waals surface area contributed by atoms with Crippen molar-refractivity contribution in [2.45, 2.75) is 26.0 Å². The van der Waals surface area contributed by atoms with E-state index in [0.29, 0.717) is 0 Å². The van der Waals surface area contributed by atoms with E-state index in [0.717, 1.165) is 16.3 Å². The lowest BCUT2D eigenvalue weighted by atomic mass is 9.91. The fraction of sp³-hybridized carbons (Fsp3) is 0.333. The van der Waals surface area contributed by atoms with Crippen molar-refractivity contribution in [2.75, 3.05) is 0 Å². The molecule has 2 aromatic carbocycles. The molecule has 0 saturated carbocycles. The molecule has 0 radical (unpaired) electrons. The first-order chi connectivity index (χ1) is 8.11. The normalized spacial score (nSPS) is 15.1. The fourth-order valence-corrected chi connectivity index (χ4v) is 2.08. The van der Waals surface area contributed by atoms with Crippen LogP contribution in [0.4, 0.5) is 0 Å². The van der Waals surface area contributed by atoms with Gasteiger partial charge in [-0.25, -0.2) is 0 Å². The van der Waals surface area contributed by atoms with Crippen molar-refractivity contribution >= 4 is 10.8 Å². The zero-order chi connectivity index (χ0) is 12.4. The Morgan fingerprint density at radius 2 is 1.65 bits per heavy atom. The number of benzene rings is 2. The summed E-state index contributed by atoms with van der Waals surface area (Å²) in [5.41, 5.74) is 6.95. The van der Waals surface area contributed by atoms with Crippen LogP contribution in [0.2, 0.25) is 0 Å². The van der Waals surface area contributed by atoms with Crippen LogP contribution in [0.3, 0.4) is 0 Å². The van der Waals surface area contributed by atoms with Gasteiger partial charge in [-0.05, 0) is 22.3 Å². The third kappa shape index (κ3) is 2.33. The highest BCUT2D eigenvalue weighted by Gasteiger charge is 2.21. The van der Waals surface area contributed by atoms with E-state index in [1.165, 1.54) is 0 Å². The SMILES string of the molecule is CC(C)C(N)C(O)c1cccc2ccccc12. The Labute approximate surface area is 102 Å². The maximum atomic E-state index is 10.3. The summed E-state index contributed by atoms with van der Waals surface area (Å²) in [6, 6.07) is 13.8. The minimum Gasteiger partial charge on any atom is -0.387 e. The number of hydrogen-bond acceptors (Lipinski definition) is 2. The standard InChI is InChI=1S/C15H19NO/c1-10(2)14(16)15(17)13-9-5-7-11-6-3-4-8-12(11)13/h3-10,14-15,17H,16H2,1-2H3. The Bertz CT molecular complexity index is 502. The first kappa shape index (κ1) is 12.1. The van der Waals surface area contributed by atoms with Gasteiger partial charge in [0, 0.05) is 6.04 Å². The summed E-state index contributed by atoms with van der Waals surface area (Å²) in [5.74, 6) is 0.254. The molecule has 0 aromatic heterocycles. The molecule has 0 heterocycles. The van der Waals surface area contributed by atoms with Gasteiger partial charge in [-0.15, -0.1) is 0 Å². The van der Waals surface area contributed by atoms with Crippen LogP contribution in [-0.4, -0.2) is 11.1 Å². The Balaban J connectivity index is 2.48. The van der Waals surface area contributed by atoms with Crippen molar-refractivity contribution in [3.8, 4) is 0 Å². The number of fused-ring (bicyclic) bond motifs is 1. The quantitative estimate of drug-likeness (QED) is 0.850. The van der Waals surface area contributed by atoms with Crippen LogP contribution in [0.1, 0.15) is 25.5 Å². The molecule has 0 aliphatic heterocycles. The number of hydrogen-bond donors (Lipinski definition) is 2. The topological polar surface area (TPSA) is 46.2 Å². The molecule has 0 spiro atoms. The minimum atomic E-state index is -0.610. The minimum absolute atomic E-state index is 0.235. The molecule has 0 amide bonds. The van der Waals surface area contributed by atoms with E-state index in [1.54, 1.807) is 0 Å². The molecule has 2 nitrogen and oxygen atoms in total. The van der Waals surface area contributed by atoms with Gasteiger partial charge < -0.3 is 10.8 Å². The van der Waals surface area contributed by atoms with Crippen LogP contribution >= 0.6 is 0 Å². The monoisotopic (exact) mass is 229 g/mol. The van der Waals surface area contributed by atoms with E-state index < -0.39 is 6.10 Å². The lowest BCUT2D eigenvalue weighted by molar-refractivity contribution is 0.127. The average molecular weight is 229 g/mol. The summed E-state index contributed by atoms with van der Waals surface area (Å²) >= 11 is 0. The summed E-state index contributed by atoms with van der Waals surface area (Å²) in [5, 5.41) is 12.6. The Kier molecular flexibility index (Phi) is 3.46. The zero-order valence-corrected chi connectivity index (χ0v) is 10.3. The molecule has 90 valence electrons. The van der Waals surface area contributed by atoms with E-state index in [1.807, 2.05) is 56.3 Å².